The molecular formula is C10H14F3N5O. The molecule has 19 heavy (non-hydrogen) atoms. The van der Waals surface area contributed by atoms with Crippen molar-refractivity contribution in [2.45, 2.75) is 32.0 Å². The van der Waals surface area contributed by atoms with Gasteiger partial charge in [-0.1, -0.05) is 0 Å². The fourth-order valence-corrected chi connectivity index (χ4v) is 1.70. The van der Waals surface area contributed by atoms with Crippen molar-refractivity contribution < 1.29 is 17.9 Å². The van der Waals surface area contributed by atoms with E-state index < -0.39 is 18.3 Å². The Morgan fingerprint density at radius 3 is 2.42 bits per heavy atom. The quantitative estimate of drug-likeness (QED) is 0.899. The highest BCUT2D eigenvalue weighted by Gasteiger charge is 2.38. The highest BCUT2D eigenvalue weighted by Crippen LogP contribution is 2.24. The number of anilines is 2. The average Bonchev–Trinajstić information content (AvgIpc) is 2.80. The molecule has 1 aliphatic rings. The Bertz CT molecular complexity index is 447. The minimum absolute atomic E-state index is 0.152. The standard InChI is InChI=1S/C10H14F3N5O/c1-6(10(11,12)13)19-9-16-7(14)15-8(17-9)18-4-2-3-5-18/h6H,2-5H2,1H3,(H2,14,15,16,17). The lowest BCUT2D eigenvalue weighted by Crippen LogP contribution is -2.32. The van der Waals surface area contributed by atoms with Crippen molar-refractivity contribution >= 4 is 11.9 Å². The van der Waals surface area contributed by atoms with Crippen molar-refractivity contribution in [3.63, 3.8) is 0 Å². The first-order valence-electron chi connectivity index (χ1n) is 5.86. The first-order chi connectivity index (χ1) is 8.86. The molecule has 2 rings (SSSR count). The molecule has 0 bridgehead atoms. The fraction of sp³-hybridized carbons (Fsp3) is 0.700. The zero-order valence-corrected chi connectivity index (χ0v) is 10.3. The zero-order valence-electron chi connectivity index (χ0n) is 10.3. The van der Waals surface area contributed by atoms with Gasteiger partial charge >= 0.3 is 12.2 Å². The highest BCUT2D eigenvalue weighted by atomic mass is 19.4. The van der Waals surface area contributed by atoms with Gasteiger partial charge in [-0.15, -0.1) is 0 Å². The van der Waals surface area contributed by atoms with Crippen LogP contribution in [0.1, 0.15) is 19.8 Å². The van der Waals surface area contributed by atoms with Crippen molar-refractivity contribution in [3.05, 3.63) is 0 Å². The number of nitrogens with zero attached hydrogens (tertiary/aromatic N) is 4. The Morgan fingerprint density at radius 1 is 1.21 bits per heavy atom. The number of rotatable bonds is 3. The molecular weight excluding hydrogens is 263 g/mol. The first kappa shape index (κ1) is 13.6. The van der Waals surface area contributed by atoms with Crippen LogP contribution in [0.3, 0.4) is 0 Å². The Balaban J connectivity index is 2.17. The lowest BCUT2D eigenvalue weighted by molar-refractivity contribution is -0.190. The van der Waals surface area contributed by atoms with Crippen molar-refractivity contribution in [1.82, 2.24) is 15.0 Å². The van der Waals surface area contributed by atoms with E-state index in [4.69, 9.17) is 5.73 Å². The van der Waals surface area contributed by atoms with Crippen LogP contribution < -0.4 is 15.4 Å². The Kier molecular flexibility index (Phi) is 3.63. The summed E-state index contributed by atoms with van der Waals surface area (Å²) in [6.07, 6.45) is -4.50. The number of alkyl halides is 3. The molecule has 9 heteroatoms. The fourth-order valence-electron chi connectivity index (χ4n) is 1.70. The van der Waals surface area contributed by atoms with Crippen molar-refractivity contribution in [2.24, 2.45) is 0 Å². The largest absolute Gasteiger partial charge is 0.451 e. The summed E-state index contributed by atoms with van der Waals surface area (Å²) < 4.78 is 41.9. The van der Waals surface area contributed by atoms with Gasteiger partial charge in [-0.25, -0.2) is 0 Å². The molecule has 6 nitrogen and oxygen atoms in total. The van der Waals surface area contributed by atoms with E-state index in [1.165, 1.54) is 0 Å². The summed E-state index contributed by atoms with van der Waals surface area (Å²) >= 11 is 0. The van der Waals surface area contributed by atoms with Gasteiger partial charge in [0.25, 0.3) is 0 Å². The lowest BCUT2D eigenvalue weighted by atomic mass is 10.4. The maximum absolute atomic E-state index is 12.4. The predicted molar refractivity (Wildman–Crippen MR) is 61.8 cm³/mol. The van der Waals surface area contributed by atoms with Gasteiger partial charge in [-0.3, -0.25) is 0 Å². The molecule has 1 saturated heterocycles. The van der Waals surface area contributed by atoms with Crippen LogP contribution in [0, 0.1) is 0 Å². The van der Waals surface area contributed by atoms with E-state index in [0.717, 1.165) is 32.9 Å². The normalized spacial score (nSPS) is 17.6. The van der Waals surface area contributed by atoms with Crippen LogP contribution in [0.4, 0.5) is 25.1 Å². The van der Waals surface area contributed by atoms with Crippen LogP contribution in [0.2, 0.25) is 0 Å². The molecule has 2 N–H and O–H groups in total. The van der Waals surface area contributed by atoms with Crippen LogP contribution in [-0.2, 0) is 0 Å². The number of ether oxygens (including phenoxy) is 1. The van der Waals surface area contributed by atoms with Gasteiger partial charge < -0.3 is 15.4 Å². The van der Waals surface area contributed by atoms with Crippen LogP contribution in [0.5, 0.6) is 6.01 Å². The zero-order chi connectivity index (χ0) is 14.0. The smallest absolute Gasteiger partial charge is 0.425 e. The molecule has 1 aromatic rings. The average molecular weight is 277 g/mol. The van der Waals surface area contributed by atoms with Crippen LogP contribution in [-0.4, -0.2) is 40.3 Å². The Morgan fingerprint density at radius 2 is 1.84 bits per heavy atom. The number of hydrogen-bond acceptors (Lipinski definition) is 6. The Hall–Kier alpha value is -1.80. The second kappa shape index (κ2) is 5.06. The summed E-state index contributed by atoms with van der Waals surface area (Å²) in [4.78, 5) is 13.2. The van der Waals surface area contributed by atoms with Crippen LogP contribution in [0.25, 0.3) is 0 Å². The topological polar surface area (TPSA) is 77.2 Å². The second-order valence-electron chi connectivity index (χ2n) is 4.27. The molecule has 2 heterocycles. The number of aromatic nitrogens is 3. The third kappa shape index (κ3) is 3.36. The molecule has 1 aromatic heterocycles. The molecule has 0 radical (unpaired) electrons. The van der Waals surface area contributed by atoms with Crippen molar-refractivity contribution in [2.75, 3.05) is 23.7 Å². The summed E-state index contributed by atoms with van der Waals surface area (Å²) in [6, 6.07) is -0.403. The summed E-state index contributed by atoms with van der Waals surface area (Å²) in [6.45, 7) is 2.38. The van der Waals surface area contributed by atoms with Crippen molar-refractivity contribution in [3.8, 4) is 6.01 Å². The van der Waals surface area contributed by atoms with E-state index in [1.54, 1.807) is 0 Å². The van der Waals surface area contributed by atoms with Gasteiger partial charge in [-0.05, 0) is 19.8 Å². The van der Waals surface area contributed by atoms with Gasteiger partial charge in [0.2, 0.25) is 11.9 Å². The summed E-state index contributed by atoms with van der Waals surface area (Å²) in [7, 11) is 0. The van der Waals surface area contributed by atoms with Crippen molar-refractivity contribution in [1.29, 1.82) is 0 Å². The van der Waals surface area contributed by atoms with E-state index >= 15 is 0 Å². The highest BCUT2D eigenvalue weighted by molar-refractivity contribution is 5.36. The third-order valence-electron chi connectivity index (χ3n) is 2.75. The molecule has 0 spiro atoms. The lowest BCUT2D eigenvalue weighted by Gasteiger charge is -2.18. The first-order valence-corrected chi connectivity index (χ1v) is 5.86. The molecule has 0 aliphatic carbocycles. The molecule has 1 aliphatic heterocycles. The molecule has 0 saturated carbocycles. The SMILES string of the molecule is CC(Oc1nc(N)nc(N2CCCC2)n1)C(F)(F)F. The molecule has 1 fully saturated rings. The number of hydrogen-bond donors (Lipinski definition) is 1. The van der Waals surface area contributed by atoms with Crippen LogP contribution in [0.15, 0.2) is 0 Å². The summed E-state index contributed by atoms with van der Waals surface area (Å²) in [5, 5.41) is 0. The molecule has 1 atom stereocenters. The van der Waals surface area contributed by atoms with Gasteiger partial charge in [-0.2, -0.15) is 28.1 Å². The molecule has 0 aromatic carbocycles. The van der Waals surface area contributed by atoms with E-state index in [9.17, 15) is 13.2 Å². The minimum Gasteiger partial charge on any atom is -0.451 e. The van der Waals surface area contributed by atoms with Crippen LogP contribution >= 0.6 is 0 Å². The predicted octanol–water partition coefficient (Wildman–Crippen LogP) is 1.38. The van der Waals surface area contributed by atoms with E-state index in [0.29, 0.717) is 0 Å². The molecule has 0 amide bonds. The van der Waals surface area contributed by atoms with Gasteiger partial charge in [0.15, 0.2) is 6.10 Å². The van der Waals surface area contributed by atoms with Gasteiger partial charge in [0.05, 0.1) is 0 Å². The number of nitrogen functional groups attached to an aromatic ring is 1. The summed E-state index contributed by atoms with van der Waals surface area (Å²) in [5.41, 5.74) is 5.46. The second-order valence-corrected chi connectivity index (χ2v) is 4.27. The van der Waals surface area contributed by atoms with Gasteiger partial charge in [0.1, 0.15) is 0 Å². The molecule has 106 valence electrons. The number of halogens is 3. The van der Waals surface area contributed by atoms with Gasteiger partial charge in [0, 0.05) is 13.1 Å². The third-order valence-corrected chi connectivity index (χ3v) is 2.75. The minimum atomic E-state index is -4.48. The summed E-state index contributed by atoms with van der Waals surface area (Å²) in [5.74, 6) is 0.107. The maximum Gasteiger partial charge on any atom is 0.425 e. The Labute approximate surface area is 107 Å². The van der Waals surface area contributed by atoms with E-state index in [-0.39, 0.29) is 11.9 Å². The monoisotopic (exact) mass is 277 g/mol. The van der Waals surface area contributed by atoms with E-state index in [1.807, 2.05) is 4.90 Å². The maximum atomic E-state index is 12.4. The number of nitrogens with two attached hydrogens (primary N) is 1. The molecule has 1 unspecified atom stereocenters. The van der Waals surface area contributed by atoms with E-state index in [2.05, 4.69) is 19.7 Å².